The zero-order valence-electron chi connectivity index (χ0n) is 12.8. The Morgan fingerprint density at radius 3 is 2.55 bits per heavy atom. The topological polar surface area (TPSA) is 75.3 Å². The molecule has 112 valence electrons. The van der Waals surface area contributed by atoms with Gasteiger partial charge in [-0.1, -0.05) is 13.8 Å². The zero-order valence-corrected chi connectivity index (χ0v) is 12.8. The number of anilines is 2. The standard InChI is InChI=1S/C15H26N4O/c1-10(2)14-17-13(16)11(3)15(18-14)19(8-5-9-20)12-6-4-7-12/h10,12,20H,4-9H2,1-3H3,(H2,16,17,18). The molecule has 1 aliphatic rings. The molecule has 0 spiro atoms. The lowest BCUT2D eigenvalue weighted by atomic mass is 9.91. The van der Waals surface area contributed by atoms with Crippen LogP contribution in [0.4, 0.5) is 11.6 Å². The van der Waals surface area contributed by atoms with Gasteiger partial charge in [0.25, 0.3) is 0 Å². The van der Waals surface area contributed by atoms with Crippen LogP contribution < -0.4 is 10.6 Å². The molecule has 0 saturated heterocycles. The fourth-order valence-electron chi connectivity index (χ4n) is 2.48. The number of hydrogen-bond acceptors (Lipinski definition) is 5. The zero-order chi connectivity index (χ0) is 14.7. The van der Waals surface area contributed by atoms with Gasteiger partial charge in [-0.3, -0.25) is 0 Å². The summed E-state index contributed by atoms with van der Waals surface area (Å²) in [4.78, 5) is 11.4. The van der Waals surface area contributed by atoms with E-state index in [0.717, 1.165) is 30.2 Å². The summed E-state index contributed by atoms with van der Waals surface area (Å²) in [5.41, 5.74) is 7.02. The maximum atomic E-state index is 9.12. The van der Waals surface area contributed by atoms with Crippen molar-refractivity contribution in [3.8, 4) is 0 Å². The number of aliphatic hydroxyl groups is 1. The van der Waals surface area contributed by atoms with E-state index in [2.05, 4.69) is 23.7 Å². The molecule has 5 nitrogen and oxygen atoms in total. The molecule has 1 aliphatic carbocycles. The second-order valence-electron chi connectivity index (χ2n) is 5.93. The third-order valence-electron chi connectivity index (χ3n) is 4.04. The Hall–Kier alpha value is -1.36. The molecule has 1 heterocycles. The van der Waals surface area contributed by atoms with Gasteiger partial charge in [0.1, 0.15) is 17.5 Å². The van der Waals surface area contributed by atoms with E-state index in [1.165, 1.54) is 19.3 Å². The van der Waals surface area contributed by atoms with Gasteiger partial charge in [0, 0.05) is 30.7 Å². The van der Waals surface area contributed by atoms with E-state index in [1.807, 2.05) is 6.92 Å². The first-order chi connectivity index (χ1) is 9.54. The summed E-state index contributed by atoms with van der Waals surface area (Å²) in [7, 11) is 0. The fraction of sp³-hybridized carbons (Fsp3) is 0.733. The quantitative estimate of drug-likeness (QED) is 0.834. The summed E-state index contributed by atoms with van der Waals surface area (Å²) < 4.78 is 0. The lowest BCUT2D eigenvalue weighted by Gasteiger charge is -2.39. The van der Waals surface area contributed by atoms with Crippen molar-refractivity contribution >= 4 is 11.6 Å². The van der Waals surface area contributed by atoms with E-state index >= 15 is 0 Å². The molecule has 0 radical (unpaired) electrons. The monoisotopic (exact) mass is 278 g/mol. The summed E-state index contributed by atoms with van der Waals surface area (Å²) in [5, 5.41) is 9.12. The van der Waals surface area contributed by atoms with Gasteiger partial charge < -0.3 is 15.7 Å². The molecule has 0 aromatic carbocycles. The number of nitrogens with zero attached hydrogens (tertiary/aromatic N) is 3. The maximum absolute atomic E-state index is 9.12. The van der Waals surface area contributed by atoms with Crippen molar-refractivity contribution in [2.24, 2.45) is 0 Å². The van der Waals surface area contributed by atoms with Crippen molar-refractivity contribution in [1.29, 1.82) is 0 Å². The highest BCUT2D eigenvalue weighted by Crippen LogP contribution is 2.32. The Labute approximate surface area is 121 Å². The Morgan fingerprint density at radius 1 is 1.35 bits per heavy atom. The minimum Gasteiger partial charge on any atom is -0.396 e. The van der Waals surface area contributed by atoms with E-state index < -0.39 is 0 Å². The summed E-state index contributed by atoms with van der Waals surface area (Å²) in [6, 6.07) is 0.537. The Kier molecular flexibility index (Phi) is 4.81. The van der Waals surface area contributed by atoms with Crippen LogP contribution in [0.1, 0.15) is 56.8 Å². The fourth-order valence-corrected chi connectivity index (χ4v) is 2.48. The molecule has 3 N–H and O–H groups in total. The molecule has 20 heavy (non-hydrogen) atoms. The number of aromatic nitrogens is 2. The van der Waals surface area contributed by atoms with Gasteiger partial charge in [-0.05, 0) is 32.6 Å². The van der Waals surface area contributed by atoms with Crippen molar-refractivity contribution < 1.29 is 5.11 Å². The van der Waals surface area contributed by atoms with E-state index in [-0.39, 0.29) is 12.5 Å². The summed E-state index contributed by atoms with van der Waals surface area (Å²) in [5.74, 6) is 2.60. The minimum absolute atomic E-state index is 0.208. The van der Waals surface area contributed by atoms with Gasteiger partial charge in [-0.15, -0.1) is 0 Å². The molecule has 0 unspecified atom stereocenters. The lowest BCUT2D eigenvalue weighted by Crippen LogP contribution is -2.42. The lowest BCUT2D eigenvalue weighted by molar-refractivity contribution is 0.282. The average molecular weight is 278 g/mol. The molecule has 1 aromatic heterocycles. The predicted molar refractivity (Wildman–Crippen MR) is 82.0 cm³/mol. The smallest absolute Gasteiger partial charge is 0.137 e. The molecule has 0 atom stereocenters. The van der Waals surface area contributed by atoms with Crippen LogP contribution in [0.25, 0.3) is 0 Å². The van der Waals surface area contributed by atoms with Crippen LogP contribution in [0.5, 0.6) is 0 Å². The third-order valence-corrected chi connectivity index (χ3v) is 4.04. The number of rotatable bonds is 6. The van der Waals surface area contributed by atoms with Crippen molar-refractivity contribution in [1.82, 2.24) is 9.97 Å². The molecular weight excluding hydrogens is 252 g/mol. The van der Waals surface area contributed by atoms with Gasteiger partial charge in [0.05, 0.1) is 0 Å². The normalized spacial score (nSPS) is 15.4. The largest absolute Gasteiger partial charge is 0.396 e. The van der Waals surface area contributed by atoms with Crippen LogP contribution in [-0.2, 0) is 0 Å². The van der Waals surface area contributed by atoms with Crippen molar-refractivity contribution in [3.63, 3.8) is 0 Å². The number of nitrogens with two attached hydrogens (primary N) is 1. The third kappa shape index (κ3) is 3.03. The molecule has 0 amide bonds. The minimum atomic E-state index is 0.208. The van der Waals surface area contributed by atoms with E-state index in [1.54, 1.807) is 0 Å². The SMILES string of the molecule is Cc1c(N)nc(C(C)C)nc1N(CCCO)C1CCC1. The van der Waals surface area contributed by atoms with Gasteiger partial charge in [-0.2, -0.15) is 0 Å². The molecule has 1 fully saturated rings. The molecule has 0 aliphatic heterocycles. The van der Waals surface area contributed by atoms with Crippen molar-refractivity contribution in [2.75, 3.05) is 23.8 Å². The van der Waals surface area contributed by atoms with Crippen LogP contribution in [0, 0.1) is 6.92 Å². The maximum Gasteiger partial charge on any atom is 0.137 e. The first kappa shape index (κ1) is 15.0. The molecule has 0 bridgehead atoms. The molecule has 1 aromatic rings. The summed E-state index contributed by atoms with van der Waals surface area (Å²) in [6.45, 7) is 7.18. The molecule has 1 saturated carbocycles. The Balaban J connectivity index is 2.35. The number of aliphatic hydroxyl groups excluding tert-OH is 1. The number of hydrogen-bond donors (Lipinski definition) is 2. The van der Waals surface area contributed by atoms with Gasteiger partial charge >= 0.3 is 0 Å². The van der Waals surface area contributed by atoms with Crippen LogP contribution in [0.15, 0.2) is 0 Å². The highest BCUT2D eigenvalue weighted by atomic mass is 16.3. The van der Waals surface area contributed by atoms with Crippen molar-refractivity contribution in [3.05, 3.63) is 11.4 Å². The van der Waals surface area contributed by atoms with Crippen LogP contribution in [0.3, 0.4) is 0 Å². The highest BCUT2D eigenvalue weighted by Gasteiger charge is 2.28. The summed E-state index contributed by atoms with van der Waals surface area (Å²) in [6.07, 6.45) is 4.44. The van der Waals surface area contributed by atoms with E-state index in [9.17, 15) is 0 Å². The second-order valence-corrected chi connectivity index (χ2v) is 5.93. The molecule has 5 heteroatoms. The van der Waals surface area contributed by atoms with E-state index in [4.69, 9.17) is 15.8 Å². The highest BCUT2D eigenvalue weighted by molar-refractivity contribution is 5.57. The van der Waals surface area contributed by atoms with Gasteiger partial charge in [0.2, 0.25) is 0 Å². The van der Waals surface area contributed by atoms with Gasteiger partial charge in [-0.25, -0.2) is 9.97 Å². The van der Waals surface area contributed by atoms with Crippen LogP contribution in [0.2, 0.25) is 0 Å². The first-order valence-electron chi connectivity index (χ1n) is 7.56. The molecular formula is C15H26N4O. The van der Waals surface area contributed by atoms with Gasteiger partial charge in [0.15, 0.2) is 0 Å². The first-order valence-corrected chi connectivity index (χ1v) is 7.56. The van der Waals surface area contributed by atoms with Crippen LogP contribution in [-0.4, -0.2) is 34.3 Å². The summed E-state index contributed by atoms with van der Waals surface area (Å²) >= 11 is 0. The Bertz CT molecular complexity index is 457. The van der Waals surface area contributed by atoms with Crippen LogP contribution >= 0.6 is 0 Å². The predicted octanol–water partition coefficient (Wildman–Crippen LogP) is 2.23. The molecule has 2 rings (SSSR count). The van der Waals surface area contributed by atoms with Crippen molar-refractivity contribution in [2.45, 2.75) is 58.4 Å². The Morgan fingerprint density at radius 2 is 2.05 bits per heavy atom. The average Bonchev–Trinajstić information content (AvgIpc) is 2.35. The number of nitrogen functional groups attached to an aromatic ring is 1. The van der Waals surface area contributed by atoms with E-state index in [0.29, 0.717) is 11.9 Å². The second kappa shape index (κ2) is 6.39.